The van der Waals surface area contributed by atoms with Crippen LogP contribution in [-0.2, 0) is 4.74 Å². The van der Waals surface area contributed by atoms with Crippen molar-refractivity contribution in [3.8, 4) is 0 Å². The molecule has 0 aromatic heterocycles. The normalized spacial score (nSPS) is 16.0. The van der Waals surface area contributed by atoms with Crippen molar-refractivity contribution in [2.75, 3.05) is 33.2 Å². The molecule has 1 rings (SSSR count). The predicted molar refractivity (Wildman–Crippen MR) is 114 cm³/mol. The number of ether oxygens (including phenoxy) is 1. The quantitative estimate of drug-likeness (QED) is 0.220. The maximum Gasteiger partial charge on any atom is 0.407 e. The largest absolute Gasteiger partial charge is 0.444 e. The first-order chi connectivity index (χ1) is 11.2. The van der Waals surface area contributed by atoms with Crippen molar-refractivity contribution in [1.29, 1.82) is 0 Å². The van der Waals surface area contributed by atoms with E-state index in [-0.39, 0.29) is 24.0 Å². The highest BCUT2D eigenvalue weighted by atomic mass is 127. The smallest absolute Gasteiger partial charge is 0.407 e. The summed E-state index contributed by atoms with van der Waals surface area (Å²) in [4.78, 5) is 18.6. The van der Waals surface area contributed by atoms with Gasteiger partial charge in [0, 0.05) is 31.7 Å². The minimum atomic E-state index is -0.475. The van der Waals surface area contributed by atoms with Gasteiger partial charge in [0.25, 0.3) is 0 Å². The topological polar surface area (TPSA) is 78.0 Å². The van der Waals surface area contributed by atoms with Gasteiger partial charge in [0.05, 0.1) is 6.54 Å². The van der Waals surface area contributed by atoms with Gasteiger partial charge in [-0.05, 0) is 54.5 Å². The number of amides is 1. The standard InChI is InChI=1S/C17H35N5O2.HI/c1-7-18-15(21-12-13(2)22(6)14-8-9-14)19-10-11-20-16(23)24-17(3,4)5;/h13-14H,7-12H2,1-6H3,(H,20,23)(H2,18,19,21);1H. The number of hydrogen-bond acceptors (Lipinski definition) is 4. The van der Waals surface area contributed by atoms with E-state index in [1.54, 1.807) is 0 Å². The maximum atomic E-state index is 11.6. The Labute approximate surface area is 169 Å². The van der Waals surface area contributed by atoms with Crippen LogP contribution in [0.3, 0.4) is 0 Å². The fourth-order valence-corrected chi connectivity index (χ4v) is 2.20. The third-order valence-electron chi connectivity index (χ3n) is 3.76. The molecule has 1 aliphatic carbocycles. The van der Waals surface area contributed by atoms with Crippen molar-refractivity contribution in [3.05, 3.63) is 0 Å². The van der Waals surface area contributed by atoms with E-state index in [0.717, 1.165) is 25.1 Å². The summed E-state index contributed by atoms with van der Waals surface area (Å²) in [7, 11) is 2.17. The molecule has 1 atom stereocenters. The summed E-state index contributed by atoms with van der Waals surface area (Å²) in [5, 5.41) is 9.18. The summed E-state index contributed by atoms with van der Waals surface area (Å²) >= 11 is 0. The van der Waals surface area contributed by atoms with Crippen LogP contribution in [-0.4, -0.2) is 67.9 Å². The number of guanidine groups is 1. The lowest BCUT2D eigenvalue weighted by atomic mass is 10.2. The first kappa shape index (κ1) is 24.2. The van der Waals surface area contributed by atoms with Gasteiger partial charge in [0.2, 0.25) is 0 Å². The molecule has 1 unspecified atom stereocenters. The lowest BCUT2D eigenvalue weighted by Crippen LogP contribution is -2.43. The highest BCUT2D eigenvalue weighted by Gasteiger charge is 2.28. The zero-order valence-electron chi connectivity index (χ0n) is 16.5. The molecule has 0 radical (unpaired) electrons. The number of nitrogens with one attached hydrogen (secondary N) is 3. The van der Waals surface area contributed by atoms with E-state index in [4.69, 9.17) is 4.74 Å². The molecule has 0 aromatic rings. The molecule has 1 saturated carbocycles. The van der Waals surface area contributed by atoms with E-state index in [2.05, 4.69) is 39.8 Å². The number of halogens is 1. The van der Waals surface area contributed by atoms with E-state index >= 15 is 0 Å². The van der Waals surface area contributed by atoms with Gasteiger partial charge in [0.1, 0.15) is 5.60 Å². The van der Waals surface area contributed by atoms with Crippen LogP contribution in [0.2, 0.25) is 0 Å². The Bertz CT molecular complexity index is 422. The van der Waals surface area contributed by atoms with Gasteiger partial charge in [-0.2, -0.15) is 0 Å². The van der Waals surface area contributed by atoms with Crippen LogP contribution in [0.4, 0.5) is 4.79 Å². The number of rotatable bonds is 8. The van der Waals surface area contributed by atoms with Gasteiger partial charge in [-0.25, -0.2) is 4.79 Å². The van der Waals surface area contributed by atoms with Crippen molar-refractivity contribution in [3.63, 3.8) is 0 Å². The average Bonchev–Trinajstić information content (AvgIpc) is 3.30. The highest BCUT2D eigenvalue weighted by Crippen LogP contribution is 2.26. The molecule has 0 spiro atoms. The molecule has 3 N–H and O–H groups in total. The predicted octanol–water partition coefficient (Wildman–Crippen LogP) is 2.17. The monoisotopic (exact) mass is 469 g/mol. The molecule has 0 aromatic carbocycles. The Morgan fingerprint density at radius 1 is 1.24 bits per heavy atom. The van der Waals surface area contributed by atoms with Gasteiger partial charge in [-0.15, -0.1) is 24.0 Å². The van der Waals surface area contributed by atoms with Crippen LogP contribution in [0.15, 0.2) is 4.99 Å². The Hall–Kier alpha value is -0.770. The van der Waals surface area contributed by atoms with E-state index in [1.807, 2.05) is 27.7 Å². The summed E-state index contributed by atoms with van der Waals surface area (Å²) in [6.07, 6.45) is 2.21. The zero-order valence-corrected chi connectivity index (χ0v) is 18.8. The molecule has 0 bridgehead atoms. The highest BCUT2D eigenvalue weighted by molar-refractivity contribution is 14.0. The summed E-state index contributed by atoms with van der Waals surface area (Å²) in [5.41, 5.74) is -0.475. The number of likely N-dealkylation sites (N-methyl/N-ethyl adjacent to an activating group) is 1. The third kappa shape index (κ3) is 11.5. The van der Waals surface area contributed by atoms with Gasteiger partial charge < -0.3 is 20.7 Å². The Morgan fingerprint density at radius 3 is 2.36 bits per heavy atom. The minimum Gasteiger partial charge on any atom is -0.444 e. The number of hydrogen-bond donors (Lipinski definition) is 3. The van der Waals surface area contributed by atoms with Gasteiger partial charge in [-0.1, -0.05) is 0 Å². The summed E-state index contributed by atoms with van der Waals surface area (Å²) in [6, 6.07) is 1.16. The first-order valence-electron chi connectivity index (χ1n) is 8.94. The van der Waals surface area contributed by atoms with Crippen LogP contribution in [0, 0.1) is 0 Å². The number of aliphatic imine (C=N–C) groups is 1. The number of alkyl carbamates (subject to hydrolysis) is 1. The number of carbonyl (C=O) groups is 1. The second-order valence-corrected chi connectivity index (χ2v) is 7.32. The van der Waals surface area contributed by atoms with Crippen molar-refractivity contribution in [1.82, 2.24) is 20.9 Å². The Kier molecular flexibility index (Phi) is 11.4. The Morgan fingerprint density at radius 2 is 1.84 bits per heavy atom. The van der Waals surface area contributed by atoms with E-state index in [9.17, 15) is 4.79 Å². The molecule has 1 amide bonds. The molecular weight excluding hydrogens is 433 g/mol. The van der Waals surface area contributed by atoms with Crippen molar-refractivity contribution >= 4 is 36.0 Å². The summed E-state index contributed by atoms with van der Waals surface area (Å²) in [6.45, 7) is 12.4. The second kappa shape index (κ2) is 11.8. The molecule has 148 valence electrons. The van der Waals surface area contributed by atoms with Gasteiger partial charge >= 0.3 is 6.09 Å². The summed E-state index contributed by atoms with van der Waals surface area (Å²) in [5.74, 6) is 0.777. The Balaban J connectivity index is 0.00000576. The van der Waals surface area contributed by atoms with Gasteiger partial charge in [0.15, 0.2) is 5.96 Å². The van der Waals surface area contributed by atoms with Gasteiger partial charge in [-0.3, -0.25) is 9.89 Å². The average molecular weight is 469 g/mol. The molecule has 1 fully saturated rings. The van der Waals surface area contributed by atoms with Crippen LogP contribution in [0.1, 0.15) is 47.5 Å². The molecule has 0 saturated heterocycles. The van der Waals surface area contributed by atoms with Crippen molar-refractivity contribution in [2.45, 2.75) is 65.1 Å². The van der Waals surface area contributed by atoms with Crippen molar-refractivity contribution < 1.29 is 9.53 Å². The second-order valence-electron chi connectivity index (χ2n) is 7.32. The van der Waals surface area contributed by atoms with E-state index < -0.39 is 11.7 Å². The van der Waals surface area contributed by atoms with E-state index in [0.29, 0.717) is 19.1 Å². The SMILES string of the molecule is CCNC(=NCC(C)N(C)C1CC1)NCCNC(=O)OC(C)(C)C.I. The van der Waals surface area contributed by atoms with Crippen LogP contribution in [0.25, 0.3) is 0 Å². The number of nitrogens with zero attached hydrogens (tertiary/aromatic N) is 2. The molecule has 8 heteroatoms. The lowest BCUT2D eigenvalue weighted by molar-refractivity contribution is 0.0529. The molecule has 1 aliphatic rings. The molecule has 7 nitrogen and oxygen atoms in total. The van der Waals surface area contributed by atoms with Crippen LogP contribution >= 0.6 is 24.0 Å². The van der Waals surface area contributed by atoms with Crippen molar-refractivity contribution in [2.24, 2.45) is 4.99 Å². The minimum absolute atomic E-state index is 0. The third-order valence-corrected chi connectivity index (χ3v) is 3.76. The summed E-state index contributed by atoms with van der Waals surface area (Å²) < 4.78 is 5.20. The fraction of sp³-hybridized carbons (Fsp3) is 0.882. The molecular formula is C17H36IN5O2. The first-order valence-corrected chi connectivity index (χ1v) is 8.94. The van der Waals surface area contributed by atoms with E-state index in [1.165, 1.54) is 12.8 Å². The maximum absolute atomic E-state index is 11.6. The molecule has 25 heavy (non-hydrogen) atoms. The molecule has 0 heterocycles. The zero-order chi connectivity index (χ0) is 18.2. The van der Waals surface area contributed by atoms with Crippen LogP contribution < -0.4 is 16.0 Å². The fourth-order valence-electron chi connectivity index (χ4n) is 2.20. The molecule has 0 aliphatic heterocycles. The van der Waals surface area contributed by atoms with Crippen LogP contribution in [0.5, 0.6) is 0 Å². The lowest BCUT2D eigenvalue weighted by Gasteiger charge is -2.23. The number of carbonyl (C=O) groups excluding carboxylic acids is 1.